The molecule has 0 saturated carbocycles. The quantitative estimate of drug-likeness (QED) is 0.838. The Morgan fingerprint density at radius 2 is 2.35 bits per heavy atom. The number of ether oxygens (including phenoxy) is 1. The Hall–Kier alpha value is -0.480. The summed E-state index contributed by atoms with van der Waals surface area (Å²) in [5, 5.41) is 8.93. The summed E-state index contributed by atoms with van der Waals surface area (Å²) in [5.41, 5.74) is 0. The number of nitrogens with zero attached hydrogens (tertiary/aromatic N) is 1. The van der Waals surface area contributed by atoms with Crippen LogP contribution in [0.5, 0.6) is 0 Å². The summed E-state index contributed by atoms with van der Waals surface area (Å²) in [6, 6.07) is 1.20. The molecular weight excluding hydrogens is 370 g/mol. The van der Waals surface area contributed by atoms with Crippen molar-refractivity contribution >= 4 is 43.3 Å². The number of halogens is 1. The van der Waals surface area contributed by atoms with Gasteiger partial charge >= 0.3 is 5.97 Å². The molecule has 0 aromatic carbocycles. The van der Waals surface area contributed by atoms with Gasteiger partial charge in [0.25, 0.3) is 0 Å². The molecule has 1 aromatic rings. The molecule has 1 unspecified atom stereocenters. The maximum atomic E-state index is 12.5. The highest BCUT2D eigenvalue weighted by Gasteiger charge is 2.35. The summed E-state index contributed by atoms with van der Waals surface area (Å²) in [6.07, 6.45) is 0.751. The van der Waals surface area contributed by atoms with Gasteiger partial charge in [-0.3, -0.25) is 0 Å². The molecule has 1 aromatic heterocycles. The van der Waals surface area contributed by atoms with Crippen molar-refractivity contribution < 1.29 is 23.1 Å². The third-order valence-corrected chi connectivity index (χ3v) is 7.24. The van der Waals surface area contributed by atoms with Crippen molar-refractivity contribution in [2.45, 2.75) is 11.3 Å². The lowest BCUT2D eigenvalue weighted by atomic mass is 10.1. The van der Waals surface area contributed by atoms with Crippen molar-refractivity contribution in [3.05, 3.63) is 14.7 Å². The first-order valence-corrected chi connectivity index (χ1v) is 8.93. The van der Waals surface area contributed by atoms with E-state index in [1.165, 1.54) is 10.4 Å². The number of hydrogen-bond acceptors (Lipinski definition) is 5. The standard InChI is InChI=1S/C11H14BrNO5S2/c1-18-6-7-2-3-13(5-7)20(16,17)9-4-8(11(14)15)19-10(9)12/h4,7H,2-3,5-6H2,1H3,(H,14,15). The minimum absolute atomic E-state index is 0.00286. The average Bonchev–Trinajstić information content (AvgIpc) is 2.96. The number of hydrogen-bond donors (Lipinski definition) is 1. The van der Waals surface area contributed by atoms with E-state index in [-0.39, 0.29) is 15.7 Å². The SMILES string of the molecule is COCC1CCN(S(=O)(=O)c2cc(C(=O)O)sc2Br)C1. The summed E-state index contributed by atoms with van der Waals surface area (Å²) >= 11 is 4.04. The lowest BCUT2D eigenvalue weighted by molar-refractivity contribution is 0.0702. The Balaban J connectivity index is 2.25. The van der Waals surface area contributed by atoms with E-state index in [1.807, 2.05) is 0 Å². The molecular formula is C11H14BrNO5S2. The highest BCUT2D eigenvalue weighted by Crippen LogP contribution is 2.35. The third kappa shape index (κ3) is 3.06. The van der Waals surface area contributed by atoms with Gasteiger partial charge < -0.3 is 9.84 Å². The summed E-state index contributed by atoms with van der Waals surface area (Å²) in [7, 11) is -2.07. The summed E-state index contributed by atoms with van der Waals surface area (Å²) < 4.78 is 31.8. The number of sulfonamides is 1. The van der Waals surface area contributed by atoms with Crippen molar-refractivity contribution in [1.29, 1.82) is 0 Å². The highest BCUT2D eigenvalue weighted by atomic mass is 79.9. The maximum absolute atomic E-state index is 12.5. The van der Waals surface area contributed by atoms with Crippen LogP contribution in [0.3, 0.4) is 0 Å². The number of carbonyl (C=O) groups is 1. The van der Waals surface area contributed by atoms with Crippen molar-refractivity contribution in [2.24, 2.45) is 5.92 Å². The first kappa shape index (κ1) is 15.9. The fraction of sp³-hybridized carbons (Fsp3) is 0.545. The molecule has 112 valence electrons. The van der Waals surface area contributed by atoms with Gasteiger partial charge in [-0.1, -0.05) is 0 Å². The smallest absolute Gasteiger partial charge is 0.345 e. The second-order valence-electron chi connectivity index (χ2n) is 4.53. The highest BCUT2D eigenvalue weighted by molar-refractivity contribution is 9.11. The number of carboxylic acid groups (broad SMARTS) is 1. The molecule has 0 aliphatic carbocycles. The molecule has 20 heavy (non-hydrogen) atoms. The second kappa shape index (κ2) is 6.10. The molecule has 1 atom stereocenters. The molecule has 1 aliphatic heterocycles. The minimum Gasteiger partial charge on any atom is -0.477 e. The van der Waals surface area contributed by atoms with Gasteiger partial charge in [0.1, 0.15) is 9.77 Å². The van der Waals surface area contributed by atoms with Crippen molar-refractivity contribution in [3.63, 3.8) is 0 Å². The molecule has 9 heteroatoms. The van der Waals surface area contributed by atoms with Gasteiger partial charge in [0.2, 0.25) is 10.0 Å². The average molecular weight is 384 g/mol. The number of aromatic carboxylic acids is 1. The van der Waals surface area contributed by atoms with Crippen molar-refractivity contribution in [2.75, 3.05) is 26.8 Å². The lowest BCUT2D eigenvalue weighted by Gasteiger charge is -2.15. The van der Waals surface area contributed by atoms with E-state index in [4.69, 9.17) is 9.84 Å². The van der Waals surface area contributed by atoms with Crippen LogP contribution in [0.4, 0.5) is 0 Å². The second-order valence-corrected chi connectivity index (χ2v) is 8.80. The van der Waals surface area contributed by atoms with Gasteiger partial charge in [-0.15, -0.1) is 11.3 Å². The molecule has 0 radical (unpaired) electrons. The molecule has 1 saturated heterocycles. The predicted octanol–water partition coefficient (Wildman–Crippen LogP) is 1.87. The maximum Gasteiger partial charge on any atom is 0.345 e. The first-order chi connectivity index (χ1) is 9.36. The van der Waals surface area contributed by atoms with E-state index in [0.717, 1.165) is 17.8 Å². The van der Waals surface area contributed by atoms with Gasteiger partial charge in [-0.25, -0.2) is 13.2 Å². The molecule has 1 fully saturated rings. The first-order valence-electron chi connectivity index (χ1n) is 5.88. The molecule has 2 rings (SSSR count). The molecule has 6 nitrogen and oxygen atoms in total. The van der Waals surface area contributed by atoms with Gasteiger partial charge in [0, 0.05) is 20.2 Å². The molecule has 1 N–H and O–H groups in total. The van der Waals surface area contributed by atoms with Crippen LogP contribution < -0.4 is 0 Å². The zero-order valence-electron chi connectivity index (χ0n) is 10.7. The molecule has 0 bridgehead atoms. The monoisotopic (exact) mass is 383 g/mol. The van der Waals surface area contributed by atoms with Crippen LogP contribution in [0.15, 0.2) is 14.7 Å². The molecule has 2 heterocycles. The van der Waals surface area contributed by atoms with Gasteiger partial charge in [0.15, 0.2) is 0 Å². The third-order valence-electron chi connectivity index (χ3n) is 3.14. The number of thiophene rings is 1. The zero-order chi connectivity index (χ0) is 14.9. The van der Waals surface area contributed by atoms with Crippen LogP contribution >= 0.6 is 27.3 Å². The molecule has 0 spiro atoms. The van der Waals surface area contributed by atoms with Crippen LogP contribution in [0, 0.1) is 5.92 Å². The van der Waals surface area contributed by atoms with Crippen molar-refractivity contribution in [1.82, 2.24) is 4.31 Å². The van der Waals surface area contributed by atoms with Crippen LogP contribution in [0.1, 0.15) is 16.1 Å². The van der Waals surface area contributed by atoms with E-state index in [1.54, 1.807) is 7.11 Å². The summed E-state index contributed by atoms with van der Waals surface area (Å²) in [4.78, 5) is 10.9. The minimum atomic E-state index is -3.66. The van der Waals surface area contributed by atoms with Crippen LogP contribution in [0.25, 0.3) is 0 Å². The zero-order valence-corrected chi connectivity index (χ0v) is 13.9. The number of carboxylic acids is 1. The van der Waals surface area contributed by atoms with Crippen LogP contribution in [0.2, 0.25) is 0 Å². The Morgan fingerprint density at radius 3 is 2.90 bits per heavy atom. The molecule has 1 aliphatic rings. The molecule has 0 amide bonds. The van der Waals surface area contributed by atoms with E-state index < -0.39 is 16.0 Å². The Morgan fingerprint density at radius 1 is 1.65 bits per heavy atom. The number of methoxy groups -OCH3 is 1. The fourth-order valence-corrected chi connectivity index (χ4v) is 6.04. The Labute approximate surface area is 129 Å². The summed E-state index contributed by atoms with van der Waals surface area (Å²) in [6.45, 7) is 1.36. The Bertz CT molecular complexity index is 612. The largest absolute Gasteiger partial charge is 0.477 e. The lowest BCUT2D eigenvalue weighted by Crippen LogP contribution is -2.29. The van der Waals surface area contributed by atoms with E-state index in [2.05, 4.69) is 15.9 Å². The van der Waals surface area contributed by atoms with Crippen molar-refractivity contribution in [3.8, 4) is 0 Å². The summed E-state index contributed by atoms with van der Waals surface area (Å²) in [5.74, 6) is -0.943. The topological polar surface area (TPSA) is 83.9 Å². The van der Waals surface area contributed by atoms with E-state index in [9.17, 15) is 13.2 Å². The van der Waals surface area contributed by atoms with Gasteiger partial charge in [-0.2, -0.15) is 4.31 Å². The fourth-order valence-electron chi connectivity index (χ4n) is 2.16. The van der Waals surface area contributed by atoms with Crippen LogP contribution in [-0.2, 0) is 14.8 Å². The van der Waals surface area contributed by atoms with E-state index >= 15 is 0 Å². The van der Waals surface area contributed by atoms with Gasteiger partial charge in [0.05, 0.1) is 10.4 Å². The Kier molecular flexibility index (Phi) is 4.85. The van der Waals surface area contributed by atoms with Gasteiger partial charge in [-0.05, 0) is 34.3 Å². The number of rotatable bonds is 5. The van der Waals surface area contributed by atoms with Crippen LogP contribution in [-0.4, -0.2) is 50.6 Å². The predicted molar refractivity (Wildman–Crippen MR) is 77.7 cm³/mol. The normalized spacial score (nSPS) is 20.4. The van der Waals surface area contributed by atoms with E-state index in [0.29, 0.717) is 23.5 Å².